The number of ether oxygens (including phenoxy) is 1. The molecular formula is C15H21NO2. The Morgan fingerprint density at radius 3 is 2.83 bits per heavy atom. The third-order valence-electron chi connectivity index (χ3n) is 3.68. The summed E-state index contributed by atoms with van der Waals surface area (Å²) in [5, 5.41) is 0. The Hall–Kier alpha value is -1.19. The minimum atomic E-state index is -0.305. The van der Waals surface area contributed by atoms with Gasteiger partial charge in [0.05, 0.1) is 6.61 Å². The highest BCUT2D eigenvalue weighted by Crippen LogP contribution is 2.15. The van der Waals surface area contributed by atoms with E-state index in [1.54, 1.807) is 0 Å². The quantitative estimate of drug-likeness (QED) is 0.767. The van der Waals surface area contributed by atoms with E-state index < -0.39 is 0 Å². The largest absolute Gasteiger partial charge is 0.367 e. The molecule has 18 heavy (non-hydrogen) atoms. The Kier molecular flexibility index (Phi) is 4.15. The number of nitrogens with zero attached hydrogens (tertiary/aromatic N) is 1. The second kappa shape index (κ2) is 5.63. The van der Waals surface area contributed by atoms with Crippen molar-refractivity contribution in [3.8, 4) is 0 Å². The molecule has 0 saturated carbocycles. The average Bonchev–Trinajstić information content (AvgIpc) is 2.41. The highest BCUT2D eigenvalue weighted by molar-refractivity contribution is 5.99. The second-order valence-corrected chi connectivity index (χ2v) is 4.92. The predicted octanol–water partition coefficient (Wildman–Crippen LogP) is 2.21. The summed E-state index contributed by atoms with van der Waals surface area (Å²) in [4.78, 5) is 14.6. The molecule has 2 rings (SSSR count). The summed E-state index contributed by atoms with van der Waals surface area (Å²) in [6.45, 7) is 9.46. The summed E-state index contributed by atoms with van der Waals surface area (Å²) in [6.07, 6.45) is -0.305. The molecule has 0 radical (unpaired) electrons. The molecule has 1 fully saturated rings. The molecule has 3 nitrogen and oxygen atoms in total. The Bertz CT molecular complexity index is 442. The lowest BCUT2D eigenvalue weighted by atomic mass is 10.00. The number of rotatable bonds is 3. The third-order valence-corrected chi connectivity index (χ3v) is 3.68. The van der Waals surface area contributed by atoms with Gasteiger partial charge in [0.2, 0.25) is 0 Å². The van der Waals surface area contributed by atoms with Crippen LogP contribution in [0, 0.1) is 13.8 Å². The Labute approximate surface area is 109 Å². The van der Waals surface area contributed by atoms with Gasteiger partial charge in [-0.3, -0.25) is 9.69 Å². The highest BCUT2D eigenvalue weighted by atomic mass is 16.5. The fourth-order valence-corrected chi connectivity index (χ4v) is 2.23. The van der Waals surface area contributed by atoms with Crippen molar-refractivity contribution in [1.29, 1.82) is 0 Å². The van der Waals surface area contributed by atoms with Crippen LogP contribution in [-0.2, 0) is 4.74 Å². The molecule has 0 bridgehead atoms. The van der Waals surface area contributed by atoms with Gasteiger partial charge in [0.15, 0.2) is 5.78 Å². The van der Waals surface area contributed by atoms with Crippen molar-refractivity contribution in [2.45, 2.75) is 26.9 Å². The molecule has 1 atom stereocenters. The van der Waals surface area contributed by atoms with Gasteiger partial charge in [-0.15, -0.1) is 0 Å². The summed E-state index contributed by atoms with van der Waals surface area (Å²) in [7, 11) is 0. The fraction of sp³-hybridized carbons (Fsp3) is 0.533. The maximum Gasteiger partial charge on any atom is 0.192 e. The summed E-state index contributed by atoms with van der Waals surface area (Å²) in [5.41, 5.74) is 3.14. The van der Waals surface area contributed by atoms with Crippen molar-refractivity contribution in [2.75, 3.05) is 26.2 Å². The lowest BCUT2D eigenvalue weighted by molar-refractivity contribution is -0.0148. The van der Waals surface area contributed by atoms with Gasteiger partial charge in [0.25, 0.3) is 0 Å². The summed E-state index contributed by atoms with van der Waals surface area (Å²) < 4.78 is 5.61. The molecule has 1 aromatic rings. The molecule has 98 valence electrons. The summed E-state index contributed by atoms with van der Waals surface area (Å²) in [6, 6.07) is 5.87. The zero-order valence-corrected chi connectivity index (χ0v) is 11.4. The number of benzene rings is 1. The standard InChI is InChI=1S/C15H21NO2/c1-4-16-7-8-18-14(10-16)15(17)13-6-5-11(2)12(3)9-13/h5-6,9,14H,4,7-8,10H2,1-3H3. The van der Waals surface area contributed by atoms with Gasteiger partial charge in [0, 0.05) is 18.7 Å². The number of ketones is 1. The first-order chi connectivity index (χ1) is 8.61. The van der Waals surface area contributed by atoms with Crippen LogP contribution in [0.25, 0.3) is 0 Å². The second-order valence-electron chi connectivity index (χ2n) is 4.92. The number of Topliss-reactive ketones (excluding diaryl/α,β-unsaturated/α-hetero) is 1. The molecule has 1 unspecified atom stereocenters. The normalized spacial score (nSPS) is 20.9. The van der Waals surface area contributed by atoms with Crippen LogP contribution in [0.2, 0.25) is 0 Å². The van der Waals surface area contributed by atoms with Crippen molar-refractivity contribution < 1.29 is 9.53 Å². The molecule has 1 heterocycles. The van der Waals surface area contributed by atoms with Gasteiger partial charge in [-0.05, 0) is 37.6 Å². The lowest BCUT2D eigenvalue weighted by Gasteiger charge is -2.31. The molecule has 1 aromatic carbocycles. The number of likely N-dealkylation sites (N-methyl/N-ethyl adjacent to an activating group) is 1. The number of hydrogen-bond acceptors (Lipinski definition) is 3. The van der Waals surface area contributed by atoms with E-state index in [2.05, 4.69) is 18.7 Å². The predicted molar refractivity (Wildman–Crippen MR) is 72.1 cm³/mol. The van der Waals surface area contributed by atoms with Crippen LogP contribution < -0.4 is 0 Å². The zero-order chi connectivity index (χ0) is 13.1. The van der Waals surface area contributed by atoms with Crippen molar-refractivity contribution in [3.05, 3.63) is 34.9 Å². The average molecular weight is 247 g/mol. The van der Waals surface area contributed by atoms with Gasteiger partial charge in [-0.25, -0.2) is 0 Å². The van der Waals surface area contributed by atoms with Crippen LogP contribution in [0.3, 0.4) is 0 Å². The number of hydrogen-bond donors (Lipinski definition) is 0. The number of carbonyl (C=O) groups excluding carboxylic acids is 1. The fourth-order valence-electron chi connectivity index (χ4n) is 2.23. The van der Waals surface area contributed by atoms with Crippen molar-refractivity contribution in [3.63, 3.8) is 0 Å². The Balaban J connectivity index is 2.12. The van der Waals surface area contributed by atoms with E-state index in [1.807, 2.05) is 25.1 Å². The van der Waals surface area contributed by atoms with Gasteiger partial charge in [0.1, 0.15) is 6.10 Å². The molecule has 0 amide bonds. The molecule has 1 aliphatic rings. The maximum absolute atomic E-state index is 12.4. The van der Waals surface area contributed by atoms with Crippen LogP contribution in [0.15, 0.2) is 18.2 Å². The Morgan fingerprint density at radius 2 is 2.17 bits per heavy atom. The van der Waals surface area contributed by atoms with E-state index in [-0.39, 0.29) is 11.9 Å². The molecule has 1 saturated heterocycles. The van der Waals surface area contributed by atoms with Gasteiger partial charge >= 0.3 is 0 Å². The first-order valence-corrected chi connectivity index (χ1v) is 6.57. The van der Waals surface area contributed by atoms with E-state index >= 15 is 0 Å². The summed E-state index contributed by atoms with van der Waals surface area (Å²) >= 11 is 0. The molecule has 0 aromatic heterocycles. The van der Waals surface area contributed by atoms with E-state index in [0.717, 1.165) is 24.2 Å². The smallest absolute Gasteiger partial charge is 0.192 e. The van der Waals surface area contributed by atoms with Gasteiger partial charge in [-0.1, -0.05) is 19.1 Å². The first-order valence-electron chi connectivity index (χ1n) is 6.57. The Morgan fingerprint density at radius 1 is 1.39 bits per heavy atom. The number of carbonyl (C=O) groups is 1. The van der Waals surface area contributed by atoms with Crippen molar-refractivity contribution in [2.24, 2.45) is 0 Å². The van der Waals surface area contributed by atoms with E-state index in [1.165, 1.54) is 5.56 Å². The highest BCUT2D eigenvalue weighted by Gasteiger charge is 2.26. The summed E-state index contributed by atoms with van der Waals surface area (Å²) in [5.74, 6) is 0.108. The number of aryl methyl sites for hydroxylation is 2. The molecule has 0 N–H and O–H groups in total. The molecule has 1 aliphatic heterocycles. The van der Waals surface area contributed by atoms with Crippen LogP contribution in [0.4, 0.5) is 0 Å². The minimum Gasteiger partial charge on any atom is -0.367 e. The topological polar surface area (TPSA) is 29.5 Å². The maximum atomic E-state index is 12.4. The first kappa shape index (κ1) is 13.2. The van der Waals surface area contributed by atoms with Crippen LogP contribution in [0.1, 0.15) is 28.4 Å². The monoisotopic (exact) mass is 247 g/mol. The third kappa shape index (κ3) is 2.79. The molecule has 3 heteroatoms. The SMILES string of the molecule is CCN1CCOC(C(=O)c2ccc(C)c(C)c2)C1. The molecule has 0 spiro atoms. The lowest BCUT2D eigenvalue weighted by Crippen LogP contribution is -2.45. The number of morpholine rings is 1. The van der Waals surface area contributed by atoms with Gasteiger partial charge < -0.3 is 4.74 Å². The zero-order valence-electron chi connectivity index (χ0n) is 11.4. The van der Waals surface area contributed by atoms with Crippen LogP contribution >= 0.6 is 0 Å². The molecular weight excluding hydrogens is 226 g/mol. The van der Waals surface area contributed by atoms with Crippen molar-refractivity contribution >= 4 is 5.78 Å². The van der Waals surface area contributed by atoms with E-state index in [4.69, 9.17) is 4.74 Å². The molecule has 0 aliphatic carbocycles. The minimum absolute atomic E-state index is 0.108. The van der Waals surface area contributed by atoms with Gasteiger partial charge in [-0.2, -0.15) is 0 Å². The van der Waals surface area contributed by atoms with Crippen LogP contribution in [-0.4, -0.2) is 43.0 Å². The van der Waals surface area contributed by atoms with E-state index in [0.29, 0.717) is 13.2 Å². The van der Waals surface area contributed by atoms with Crippen LogP contribution in [0.5, 0.6) is 0 Å². The van der Waals surface area contributed by atoms with Crippen molar-refractivity contribution in [1.82, 2.24) is 4.90 Å². The van der Waals surface area contributed by atoms with E-state index in [9.17, 15) is 4.79 Å².